The highest BCUT2D eigenvalue weighted by Crippen LogP contribution is 2.23. The first kappa shape index (κ1) is 17.1. The molecule has 1 saturated heterocycles. The van der Waals surface area contributed by atoms with Gasteiger partial charge in [-0.3, -0.25) is 19.3 Å². The zero-order valence-corrected chi connectivity index (χ0v) is 13.0. The molecule has 0 radical (unpaired) electrons. The van der Waals surface area contributed by atoms with E-state index in [0.717, 1.165) is 30.6 Å². The summed E-state index contributed by atoms with van der Waals surface area (Å²) in [6.45, 7) is 3.41. The number of amides is 5. The van der Waals surface area contributed by atoms with Crippen molar-refractivity contribution in [3.63, 3.8) is 0 Å². The molecule has 8 nitrogen and oxygen atoms in total. The Kier molecular flexibility index (Phi) is 5.49. The number of carbonyl (C=O) groups excluding carboxylic acids is 4. The zero-order chi connectivity index (χ0) is 17.0. The van der Waals surface area contributed by atoms with Crippen LogP contribution in [0.4, 0.5) is 4.79 Å². The van der Waals surface area contributed by atoms with Gasteiger partial charge >= 0.3 is 17.8 Å². The maximum atomic E-state index is 12.1. The zero-order valence-electron chi connectivity index (χ0n) is 13.0. The molecule has 3 N–H and O–H groups in total. The summed E-state index contributed by atoms with van der Waals surface area (Å²) in [5.74, 6) is -2.16. The minimum absolute atomic E-state index is 0.0472. The monoisotopic (exact) mass is 322 g/mol. The molecule has 1 saturated carbocycles. The molecule has 1 aliphatic heterocycles. The molecule has 2 atom stereocenters. The average Bonchev–Trinajstić information content (AvgIpc) is 2.73. The van der Waals surface area contributed by atoms with Crippen LogP contribution in [0.25, 0.3) is 0 Å². The SMILES string of the molecule is C=CCN1C(=O)C(=O)N(CC(=O)NC2CCCCC2CN)C1=O. The maximum absolute atomic E-state index is 12.1. The summed E-state index contributed by atoms with van der Waals surface area (Å²) in [6, 6.07) is -0.830. The van der Waals surface area contributed by atoms with Crippen molar-refractivity contribution in [1.29, 1.82) is 0 Å². The van der Waals surface area contributed by atoms with E-state index in [-0.39, 0.29) is 18.5 Å². The number of urea groups is 1. The summed E-state index contributed by atoms with van der Waals surface area (Å²) < 4.78 is 0. The predicted octanol–water partition coefficient (Wildman–Crippen LogP) is -0.403. The van der Waals surface area contributed by atoms with Crippen LogP contribution in [0.15, 0.2) is 12.7 Å². The second-order valence-corrected chi connectivity index (χ2v) is 5.83. The molecular weight excluding hydrogens is 300 g/mol. The molecule has 2 rings (SSSR count). The highest BCUT2D eigenvalue weighted by atomic mass is 16.2. The largest absolute Gasteiger partial charge is 0.351 e. The summed E-state index contributed by atoms with van der Waals surface area (Å²) >= 11 is 0. The van der Waals surface area contributed by atoms with Gasteiger partial charge in [0.2, 0.25) is 5.91 Å². The average molecular weight is 322 g/mol. The number of nitrogens with zero attached hydrogens (tertiary/aromatic N) is 2. The van der Waals surface area contributed by atoms with Crippen LogP contribution in [-0.2, 0) is 14.4 Å². The summed E-state index contributed by atoms with van der Waals surface area (Å²) in [5, 5.41) is 2.83. The normalized spacial score (nSPS) is 25.0. The van der Waals surface area contributed by atoms with E-state index in [1.165, 1.54) is 6.08 Å². The Morgan fingerprint density at radius 1 is 1.22 bits per heavy atom. The lowest BCUT2D eigenvalue weighted by Gasteiger charge is -2.31. The molecule has 8 heteroatoms. The Labute approximate surface area is 134 Å². The first-order valence-electron chi connectivity index (χ1n) is 7.77. The fraction of sp³-hybridized carbons (Fsp3) is 0.600. The first-order chi connectivity index (χ1) is 11.0. The minimum atomic E-state index is -0.981. The lowest BCUT2D eigenvalue weighted by Crippen LogP contribution is -2.49. The van der Waals surface area contributed by atoms with Crippen LogP contribution in [0, 0.1) is 5.92 Å². The lowest BCUT2D eigenvalue weighted by molar-refractivity contribution is -0.143. The molecule has 0 bridgehead atoms. The minimum Gasteiger partial charge on any atom is -0.351 e. The van der Waals surface area contributed by atoms with Crippen molar-refractivity contribution in [2.45, 2.75) is 31.7 Å². The van der Waals surface area contributed by atoms with Gasteiger partial charge < -0.3 is 11.1 Å². The Hall–Kier alpha value is -2.22. The van der Waals surface area contributed by atoms with Gasteiger partial charge in [-0.25, -0.2) is 9.69 Å². The van der Waals surface area contributed by atoms with E-state index in [1.54, 1.807) is 0 Å². The molecule has 1 heterocycles. The van der Waals surface area contributed by atoms with Gasteiger partial charge in [-0.1, -0.05) is 18.9 Å². The standard InChI is InChI=1S/C15H22N4O4/c1-2-7-18-13(21)14(22)19(15(18)23)9-12(20)17-11-6-4-3-5-10(11)8-16/h2,10-11H,1,3-9,16H2,(H,17,20). The third-order valence-electron chi connectivity index (χ3n) is 4.31. The van der Waals surface area contributed by atoms with E-state index in [9.17, 15) is 19.2 Å². The van der Waals surface area contributed by atoms with Gasteiger partial charge in [0.1, 0.15) is 6.54 Å². The number of nitrogens with two attached hydrogens (primary N) is 1. The van der Waals surface area contributed by atoms with Gasteiger partial charge in [0.25, 0.3) is 0 Å². The summed E-state index contributed by atoms with van der Waals surface area (Å²) in [6.07, 6.45) is 5.23. The molecule has 0 aromatic heterocycles. The number of rotatable bonds is 6. The second kappa shape index (κ2) is 7.36. The third-order valence-corrected chi connectivity index (χ3v) is 4.31. The molecule has 2 aliphatic rings. The fourth-order valence-electron chi connectivity index (χ4n) is 3.06. The Balaban J connectivity index is 1.97. The van der Waals surface area contributed by atoms with E-state index in [0.29, 0.717) is 11.4 Å². The molecule has 5 amide bonds. The van der Waals surface area contributed by atoms with Gasteiger partial charge in [-0.05, 0) is 25.3 Å². The van der Waals surface area contributed by atoms with Gasteiger partial charge in [0, 0.05) is 12.6 Å². The fourth-order valence-corrected chi connectivity index (χ4v) is 3.06. The van der Waals surface area contributed by atoms with Crippen molar-refractivity contribution >= 4 is 23.8 Å². The van der Waals surface area contributed by atoms with Crippen LogP contribution >= 0.6 is 0 Å². The number of hydrogen-bond acceptors (Lipinski definition) is 5. The van der Waals surface area contributed by atoms with Crippen LogP contribution in [0.1, 0.15) is 25.7 Å². The topological polar surface area (TPSA) is 113 Å². The Morgan fingerprint density at radius 3 is 2.52 bits per heavy atom. The van der Waals surface area contributed by atoms with Gasteiger partial charge in [-0.2, -0.15) is 0 Å². The lowest BCUT2D eigenvalue weighted by atomic mass is 9.84. The molecule has 0 spiro atoms. The number of carbonyl (C=O) groups is 4. The van der Waals surface area contributed by atoms with Gasteiger partial charge in [0.05, 0.1) is 0 Å². The van der Waals surface area contributed by atoms with Gasteiger partial charge in [0.15, 0.2) is 0 Å². The molecular formula is C15H22N4O4. The van der Waals surface area contributed by atoms with Crippen LogP contribution < -0.4 is 11.1 Å². The van der Waals surface area contributed by atoms with E-state index in [1.807, 2.05) is 0 Å². The molecule has 1 aliphatic carbocycles. The highest BCUT2D eigenvalue weighted by Gasteiger charge is 2.44. The molecule has 0 aromatic rings. The number of hydrogen-bond donors (Lipinski definition) is 2. The van der Waals surface area contributed by atoms with Crippen molar-refractivity contribution in [1.82, 2.24) is 15.1 Å². The maximum Gasteiger partial charge on any atom is 0.335 e. The first-order valence-corrected chi connectivity index (χ1v) is 7.77. The molecule has 2 unspecified atom stereocenters. The Morgan fingerprint density at radius 2 is 1.87 bits per heavy atom. The Bertz CT molecular complexity index is 534. The van der Waals surface area contributed by atoms with Crippen LogP contribution in [0.2, 0.25) is 0 Å². The quantitative estimate of drug-likeness (QED) is 0.392. The molecule has 2 fully saturated rings. The van der Waals surface area contributed by atoms with Crippen molar-refractivity contribution in [3.8, 4) is 0 Å². The van der Waals surface area contributed by atoms with Crippen molar-refractivity contribution in [2.75, 3.05) is 19.6 Å². The van der Waals surface area contributed by atoms with Crippen molar-refractivity contribution in [3.05, 3.63) is 12.7 Å². The molecule has 23 heavy (non-hydrogen) atoms. The van der Waals surface area contributed by atoms with E-state index < -0.39 is 30.3 Å². The van der Waals surface area contributed by atoms with E-state index >= 15 is 0 Å². The molecule has 0 aromatic carbocycles. The second-order valence-electron chi connectivity index (χ2n) is 5.83. The number of nitrogens with one attached hydrogen (secondary N) is 1. The highest BCUT2D eigenvalue weighted by molar-refractivity contribution is 6.45. The third kappa shape index (κ3) is 3.58. The van der Waals surface area contributed by atoms with Crippen LogP contribution in [-0.4, -0.2) is 59.2 Å². The summed E-state index contributed by atoms with van der Waals surface area (Å²) in [5.41, 5.74) is 5.72. The van der Waals surface area contributed by atoms with Gasteiger partial charge in [-0.15, -0.1) is 6.58 Å². The smallest absolute Gasteiger partial charge is 0.335 e. The van der Waals surface area contributed by atoms with Crippen molar-refractivity contribution < 1.29 is 19.2 Å². The van der Waals surface area contributed by atoms with Crippen molar-refractivity contribution in [2.24, 2.45) is 11.7 Å². The summed E-state index contributed by atoms with van der Waals surface area (Å²) in [4.78, 5) is 49.1. The van der Waals surface area contributed by atoms with Crippen LogP contribution in [0.5, 0.6) is 0 Å². The van der Waals surface area contributed by atoms with E-state index in [2.05, 4.69) is 11.9 Å². The summed E-state index contributed by atoms with van der Waals surface area (Å²) in [7, 11) is 0. The van der Waals surface area contributed by atoms with E-state index in [4.69, 9.17) is 5.73 Å². The van der Waals surface area contributed by atoms with Crippen LogP contribution in [0.3, 0.4) is 0 Å². The molecule has 126 valence electrons. The number of imide groups is 2. The predicted molar refractivity (Wildman–Crippen MR) is 82.0 cm³/mol.